The minimum absolute atomic E-state index is 0.366. The van der Waals surface area contributed by atoms with Gasteiger partial charge in [-0.3, -0.25) is 0 Å². The molecule has 1 aromatic carbocycles. The first-order valence-electron chi connectivity index (χ1n) is 8.73. The van der Waals surface area contributed by atoms with E-state index in [2.05, 4.69) is 71.7 Å². The third-order valence-corrected chi connectivity index (χ3v) is 4.88. The maximum absolute atomic E-state index is 4.67. The van der Waals surface area contributed by atoms with Gasteiger partial charge in [0.1, 0.15) is 5.01 Å². The minimum Gasteiger partial charge on any atom is -0.357 e. The lowest BCUT2D eigenvalue weighted by molar-refractivity contribution is 0.593. The predicted octanol–water partition coefficient (Wildman–Crippen LogP) is 3.78. The van der Waals surface area contributed by atoms with Gasteiger partial charge in [0.05, 0.1) is 6.54 Å². The molecule has 0 spiro atoms. The lowest BCUT2D eigenvalue weighted by Crippen LogP contribution is -2.42. The lowest BCUT2D eigenvalue weighted by atomic mass is 10.1. The van der Waals surface area contributed by atoms with Crippen LogP contribution in [0.2, 0.25) is 0 Å². The van der Waals surface area contributed by atoms with E-state index in [9.17, 15) is 0 Å². The normalized spacial score (nSPS) is 12.9. The van der Waals surface area contributed by atoms with Crippen molar-refractivity contribution in [3.05, 3.63) is 52.0 Å². The summed E-state index contributed by atoms with van der Waals surface area (Å²) in [7, 11) is 0. The highest BCUT2D eigenvalue weighted by Gasteiger charge is 2.06. The Hall–Kier alpha value is -1.88. The Balaban J connectivity index is 1.85. The average molecular weight is 345 g/mol. The Bertz CT molecular complexity index is 621. The monoisotopic (exact) mass is 344 g/mol. The second-order valence-electron chi connectivity index (χ2n) is 5.84. The molecule has 2 rings (SSSR count). The maximum atomic E-state index is 4.67. The number of hydrogen-bond donors (Lipinski definition) is 2. The molecule has 1 atom stereocenters. The van der Waals surface area contributed by atoms with Crippen LogP contribution in [0.1, 0.15) is 42.6 Å². The van der Waals surface area contributed by atoms with E-state index in [4.69, 9.17) is 0 Å². The van der Waals surface area contributed by atoms with Crippen molar-refractivity contribution in [1.82, 2.24) is 15.6 Å². The topological polar surface area (TPSA) is 49.3 Å². The van der Waals surface area contributed by atoms with Gasteiger partial charge < -0.3 is 10.6 Å². The van der Waals surface area contributed by atoms with E-state index in [1.54, 1.807) is 11.3 Å². The second-order valence-corrected chi connectivity index (χ2v) is 7.04. The van der Waals surface area contributed by atoms with Gasteiger partial charge in [-0.05, 0) is 38.7 Å². The van der Waals surface area contributed by atoms with Gasteiger partial charge in [0.15, 0.2) is 5.96 Å². The summed E-state index contributed by atoms with van der Waals surface area (Å²) < 4.78 is 0. The van der Waals surface area contributed by atoms with Crippen LogP contribution in [0.4, 0.5) is 0 Å². The summed E-state index contributed by atoms with van der Waals surface area (Å²) in [5.41, 5.74) is 1.38. The molecular weight excluding hydrogens is 316 g/mol. The number of thiazole rings is 1. The van der Waals surface area contributed by atoms with Crippen LogP contribution in [0.3, 0.4) is 0 Å². The van der Waals surface area contributed by atoms with Crippen molar-refractivity contribution in [2.24, 2.45) is 4.99 Å². The van der Waals surface area contributed by atoms with Gasteiger partial charge in [0, 0.05) is 23.7 Å². The van der Waals surface area contributed by atoms with Crippen LogP contribution in [0, 0.1) is 0 Å². The number of benzene rings is 1. The number of guanidine groups is 1. The SMILES string of the molecule is CCNC(=NCc1ncc(CC)s1)NC(C)CCc1ccccc1. The van der Waals surface area contributed by atoms with Gasteiger partial charge in [-0.25, -0.2) is 9.98 Å². The molecule has 4 nitrogen and oxygen atoms in total. The van der Waals surface area contributed by atoms with Crippen molar-refractivity contribution in [2.75, 3.05) is 6.54 Å². The van der Waals surface area contributed by atoms with Crippen molar-refractivity contribution < 1.29 is 0 Å². The maximum Gasteiger partial charge on any atom is 0.191 e. The van der Waals surface area contributed by atoms with Crippen LogP contribution in [0.15, 0.2) is 41.5 Å². The second kappa shape index (κ2) is 10.1. The number of aromatic nitrogens is 1. The first-order chi connectivity index (χ1) is 11.7. The van der Waals surface area contributed by atoms with Crippen molar-refractivity contribution in [2.45, 2.75) is 52.6 Å². The van der Waals surface area contributed by atoms with E-state index < -0.39 is 0 Å². The highest BCUT2D eigenvalue weighted by Crippen LogP contribution is 2.14. The molecule has 0 fully saturated rings. The van der Waals surface area contributed by atoms with Crippen molar-refractivity contribution in [1.29, 1.82) is 0 Å². The number of aliphatic imine (C=N–C) groups is 1. The summed E-state index contributed by atoms with van der Waals surface area (Å²) in [5.74, 6) is 0.867. The molecule has 0 aliphatic heterocycles. The molecule has 0 aliphatic rings. The summed E-state index contributed by atoms with van der Waals surface area (Å²) in [6.07, 6.45) is 5.14. The Labute approximate surface area is 149 Å². The van der Waals surface area contributed by atoms with E-state index in [1.165, 1.54) is 10.4 Å². The molecule has 0 radical (unpaired) electrons. The van der Waals surface area contributed by atoms with Crippen LogP contribution in [0.5, 0.6) is 0 Å². The number of aryl methyl sites for hydroxylation is 2. The Morgan fingerprint density at radius 1 is 1.25 bits per heavy atom. The summed E-state index contributed by atoms with van der Waals surface area (Å²) in [5, 5.41) is 7.88. The molecule has 1 unspecified atom stereocenters. The summed E-state index contributed by atoms with van der Waals surface area (Å²) in [6, 6.07) is 11.0. The molecular formula is C19H28N4S. The molecule has 130 valence electrons. The van der Waals surface area contributed by atoms with E-state index in [1.807, 2.05) is 6.20 Å². The summed E-state index contributed by atoms with van der Waals surface area (Å²) in [6.45, 7) is 7.93. The third kappa shape index (κ3) is 6.32. The van der Waals surface area contributed by atoms with Crippen molar-refractivity contribution in [3.8, 4) is 0 Å². The molecule has 2 aromatic rings. The van der Waals surface area contributed by atoms with E-state index in [0.717, 1.165) is 36.8 Å². The van der Waals surface area contributed by atoms with Gasteiger partial charge in [-0.1, -0.05) is 37.3 Å². The Kier molecular flexibility index (Phi) is 7.75. The number of rotatable bonds is 8. The Morgan fingerprint density at radius 2 is 2.04 bits per heavy atom. The summed E-state index contributed by atoms with van der Waals surface area (Å²) >= 11 is 1.75. The smallest absolute Gasteiger partial charge is 0.191 e. The van der Waals surface area contributed by atoms with Crippen LogP contribution >= 0.6 is 11.3 Å². The fourth-order valence-electron chi connectivity index (χ4n) is 2.38. The van der Waals surface area contributed by atoms with Gasteiger partial charge in [0.2, 0.25) is 0 Å². The van der Waals surface area contributed by atoms with Gasteiger partial charge in [-0.15, -0.1) is 11.3 Å². The lowest BCUT2D eigenvalue weighted by Gasteiger charge is -2.17. The molecule has 0 bridgehead atoms. The minimum atomic E-state index is 0.366. The number of nitrogens with one attached hydrogen (secondary N) is 2. The van der Waals surface area contributed by atoms with Gasteiger partial charge >= 0.3 is 0 Å². The first-order valence-corrected chi connectivity index (χ1v) is 9.55. The molecule has 0 saturated heterocycles. The summed E-state index contributed by atoms with van der Waals surface area (Å²) in [4.78, 5) is 10.4. The van der Waals surface area contributed by atoms with Crippen LogP contribution in [0.25, 0.3) is 0 Å². The highest BCUT2D eigenvalue weighted by molar-refractivity contribution is 7.11. The van der Waals surface area contributed by atoms with Crippen molar-refractivity contribution >= 4 is 17.3 Å². The number of nitrogens with zero attached hydrogens (tertiary/aromatic N) is 2. The number of hydrogen-bond acceptors (Lipinski definition) is 3. The van der Waals surface area contributed by atoms with Crippen LogP contribution in [-0.2, 0) is 19.4 Å². The molecule has 1 aromatic heterocycles. The van der Waals surface area contributed by atoms with Gasteiger partial charge in [0.25, 0.3) is 0 Å². The largest absolute Gasteiger partial charge is 0.357 e. The Morgan fingerprint density at radius 3 is 2.71 bits per heavy atom. The predicted molar refractivity (Wildman–Crippen MR) is 104 cm³/mol. The fourth-order valence-corrected chi connectivity index (χ4v) is 3.17. The molecule has 0 aliphatic carbocycles. The van der Waals surface area contributed by atoms with Crippen LogP contribution < -0.4 is 10.6 Å². The van der Waals surface area contributed by atoms with E-state index in [-0.39, 0.29) is 0 Å². The average Bonchev–Trinajstić information content (AvgIpc) is 3.07. The molecule has 1 heterocycles. The quantitative estimate of drug-likeness (QED) is 0.566. The van der Waals surface area contributed by atoms with Crippen molar-refractivity contribution in [3.63, 3.8) is 0 Å². The molecule has 0 saturated carbocycles. The zero-order valence-electron chi connectivity index (χ0n) is 14.9. The molecule has 0 amide bonds. The van der Waals surface area contributed by atoms with E-state index >= 15 is 0 Å². The highest BCUT2D eigenvalue weighted by atomic mass is 32.1. The zero-order valence-corrected chi connectivity index (χ0v) is 15.7. The zero-order chi connectivity index (χ0) is 17.2. The standard InChI is InChI=1S/C19H28N4S/c1-4-17-13-21-18(24-17)14-22-19(20-5-2)23-15(3)11-12-16-9-7-6-8-10-16/h6-10,13,15H,4-5,11-12,14H2,1-3H3,(H2,20,22,23). The van der Waals surface area contributed by atoms with Gasteiger partial charge in [-0.2, -0.15) is 0 Å². The molecule has 5 heteroatoms. The third-order valence-electron chi connectivity index (χ3n) is 3.76. The first kappa shape index (κ1) is 18.5. The molecule has 2 N–H and O–H groups in total. The molecule has 24 heavy (non-hydrogen) atoms. The fraction of sp³-hybridized carbons (Fsp3) is 0.474. The van der Waals surface area contributed by atoms with Crippen LogP contribution in [-0.4, -0.2) is 23.5 Å². The van der Waals surface area contributed by atoms with E-state index in [0.29, 0.717) is 12.6 Å².